The molecule has 0 radical (unpaired) electrons. The average molecular weight is 435 g/mol. The number of ether oxygens (including phenoxy) is 1. The highest BCUT2D eigenvalue weighted by Gasteiger charge is 2.29. The van der Waals surface area contributed by atoms with E-state index < -0.39 is 0 Å². The molecule has 0 spiro atoms. The van der Waals surface area contributed by atoms with E-state index in [1.54, 1.807) is 6.20 Å². The van der Waals surface area contributed by atoms with E-state index in [-0.39, 0.29) is 12.0 Å². The number of carbonyl (C=O) groups excluding carboxylic acids is 1. The van der Waals surface area contributed by atoms with Gasteiger partial charge >= 0.3 is 0 Å². The molecule has 1 aliphatic heterocycles. The van der Waals surface area contributed by atoms with Crippen LogP contribution in [0.25, 0.3) is 33.1 Å². The maximum atomic E-state index is 13.3. The van der Waals surface area contributed by atoms with Gasteiger partial charge in [0.1, 0.15) is 22.9 Å². The molecular weight excluding hydrogens is 414 g/mol. The molecule has 1 aliphatic rings. The van der Waals surface area contributed by atoms with Gasteiger partial charge in [0.2, 0.25) is 0 Å². The molecule has 6 nitrogen and oxygen atoms in total. The van der Waals surface area contributed by atoms with E-state index >= 15 is 0 Å². The molecule has 0 N–H and O–H groups in total. The summed E-state index contributed by atoms with van der Waals surface area (Å²) in [7, 11) is 0. The highest BCUT2D eigenvalue weighted by molar-refractivity contribution is 6.01. The Kier molecular flexibility index (Phi) is 4.76. The highest BCUT2D eigenvalue weighted by atomic mass is 16.5. The van der Waals surface area contributed by atoms with Crippen molar-refractivity contribution in [3.63, 3.8) is 0 Å². The standard InChI is InChI=1S/C27H21N3O3/c31-27(20-11-12-23-22(16-20)26(33-29-23)19-6-2-1-3-7-19)30-15-13-21(17-30)32-24-10-4-8-18-9-5-14-28-25(18)24/h1-12,14,16,21H,13,15,17H2. The van der Waals surface area contributed by atoms with Crippen LogP contribution in [0.5, 0.6) is 5.75 Å². The molecule has 162 valence electrons. The van der Waals surface area contributed by atoms with Crippen molar-refractivity contribution in [3.05, 3.63) is 90.6 Å². The van der Waals surface area contributed by atoms with Crippen LogP contribution in [0.3, 0.4) is 0 Å². The Morgan fingerprint density at radius 2 is 1.88 bits per heavy atom. The zero-order valence-electron chi connectivity index (χ0n) is 17.8. The second-order valence-electron chi connectivity index (χ2n) is 8.22. The van der Waals surface area contributed by atoms with Gasteiger partial charge in [-0.1, -0.05) is 53.7 Å². The zero-order chi connectivity index (χ0) is 22.2. The molecule has 1 amide bonds. The summed E-state index contributed by atoms with van der Waals surface area (Å²) in [5, 5.41) is 6.02. The number of amides is 1. The van der Waals surface area contributed by atoms with Crippen molar-refractivity contribution >= 4 is 27.7 Å². The third kappa shape index (κ3) is 3.59. The van der Waals surface area contributed by atoms with E-state index in [1.165, 1.54) is 0 Å². The van der Waals surface area contributed by atoms with E-state index in [4.69, 9.17) is 9.26 Å². The molecule has 3 heterocycles. The normalized spacial score (nSPS) is 15.9. The lowest BCUT2D eigenvalue weighted by Crippen LogP contribution is -2.30. The van der Waals surface area contributed by atoms with Crippen molar-refractivity contribution in [2.24, 2.45) is 0 Å². The number of benzene rings is 3. The first-order valence-electron chi connectivity index (χ1n) is 11.0. The van der Waals surface area contributed by atoms with Crippen LogP contribution in [0.2, 0.25) is 0 Å². The van der Waals surface area contributed by atoms with E-state index in [2.05, 4.69) is 10.1 Å². The van der Waals surface area contributed by atoms with Gasteiger partial charge in [-0.2, -0.15) is 0 Å². The largest absolute Gasteiger partial charge is 0.486 e. The van der Waals surface area contributed by atoms with Gasteiger partial charge in [0.05, 0.1) is 11.9 Å². The highest BCUT2D eigenvalue weighted by Crippen LogP contribution is 2.30. The molecule has 6 heteroatoms. The number of fused-ring (bicyclic) bond motifs is 2. The van der Waals surface area contributed by atoms with Crippen LogP contribution >= 0.6 is 0 Å². The van der Waals surface area contributed by atoms with Crippen molar-refractivity contribution in [3.8, 4) is 17.1 Å². The molecule has 1 saturated heterocycles. The number of pyridine rings is 1. The quantitative estimate of drug-likeness (QED) is 0.381. The Labute approximate surface area is 190 Å². The van der Waals surface area contributed by atoms with Gasteiger partial charge in [-0.3, -0.25) is 9.78 Å². The molecule has 0 saturated carbocycles. The first kappa shape index (κ1) is 19.5. The van der Waals surface area contributed by atoms with Crippen molar-refractivity contribution in [1.82, 2.24) is 15.0 Å². The van der Waals surface area contributed by atoms with Gasteiger partial charge in [0.15, 0.2) is 5.76 Å². The van der Waals surface area contributed by atoms with Crippen molar-refractivity contribution in [2.45, 2.75) is 12.5 Å². The Hall–Kier alpha value is -4.19. The van der Waals surface area contributed by atoms with Gasteiger partial charge in [0, 0.05) is 35.7 Å². The van der Waals surface area contributed by atoms with Crippen LogP contribution in [-0.4, -0.2) is 40.1 Å². The second kappa shape index (κ2) is 8.06. The van der Waals surface area contributed by atoms with E-state index in [0.717, 1.165) is 39.5 Å². The summed E-state index contributed by atoms with van der Waals surface area (Å²) >= 11 is 0. The molecule has 0 bridgehead atoms. The summed E-state index contributed by atoms with van der Waals surface area (Å²) in [5.74, 6) is 1.41. The van der Waals surface area contributed by atoms with Gasteiger partial charge in [-0.15, -0.1) is 0 Å². The summed E-state index contributed by atoms with van der Waals surface area (Å²) in [6.45, 7) is 1.18. The number of hydrogen-bond donors (Lipinski definition) is 0. The van der Waals surface area contributed by atoms with Crippen molar-refractivity contribution in [2.75, 3.05) is 13.1 Å². The third-order valence-electron chi connectivity index (χ3n) is 6.08. The molecule has 3 aromatic carbocycles. The SMILES string of the molecule is O=C(c1ccc2noc(-c3ccccc3)c2c1)N1CCC(Oc2cccc3cccnc23)C1. The minimum absolute atomic E-state index is 0.0146. The number of hydrogen-bond acceptors (Lipinski definition) is 5. The van der Waals surface area contributed by atoms with E-state index in [9.17, 15) is 4.79 Å². The van der Waals surface area contributed by atoms with Crippen LogP contribution in [-0.2, 0) is 0 Å². The molecule has 1 unspecified atom stereocenters. The first-order chi connectivity index (χ1) is 16.3. The number of nitrogens with zero attached hydrogens (tertiary/aromatic N) is 3. The number of carbonyl (C=O) groups is 1. The predicted molar refractivity (Wildman–Crippen MR) is 126 cm³/mol. The summed E-state index contributed by atoms with van der Waals surface area (Å²) in [6.07, 6.45) is 2.48. The van der Waals surface area contributed by atoms with E-state index in [0.29, 0.717) is 24.4 Å². The Balaban J connectivity index is 1.22. The van der Waals surface area contributed by atoms with Crippen LogP contribution in [0, 0.1) is 0 Å². The Morgan fingerprint density at radius 1 is 1.00 bits per heavy atom. The zero-order valence-corrected chi connectivity index (χ0v) is 17.8. The lowest BCUT2D eigenvalue weighted by atomic mass is 10.1. The molecule has 33 heavy (non-hydrogen) atoms. The summed E-state index contributed by atoms with van der Waals surface area (Å²) in [5.41, 5.74) is 3.13. The fourth-order valence-electron chi connectivity index (χ4n) is 4.41. The molecule has 1 fully saturated rings. The molecule has 0 aliphatic carbocycles. The maximum absolute atomic E-state index is 13.3. The van der Waals surface area contributed by atoms with Gasteiger partial charge in [-0.05, 0) is 30.3 Å². The molecular formula is C27H21N3O3. The maximum Gasteiger partial charge on any atom is 0.254 e. The van der Waals surface area contributed by atoms with Crippen LogP contribution in [0.15, 0.2) is 89.6 Å². The second-order valence-corrected chi connectivity index (χ2v) is 8.22. The molecule has 6 rings (SSSR count). The van der Waals surface area contributed by atoms with Crippen molar-refractivity contribution < 1.29 is 14.1 Å². The van der Waals surface area contributed by atoms with Gasteiger partial charge < -0.3 is 14.2 Å². The van der Waals surface area contributed by atoms with E-state index in [1.807, 2.05) is 83.8 Å². The minimum atomic E-state index is -0.0687. The number of aromatic nitrogens is 2. The fraction of sp³-hybridized carbons (Fsp3) is 0.148. The summed E-state index contributed by atoms with van der Waals surface area (Å²) < 4.78 is 11.8. The average Bonchev–Trinajstić information content (AvgIpc) is 3.51. The minimum Gasteiger partial charge on any atom is -0.486 e. The number of rotatable bonds is 4. The Bertz CT molecular complexity index is 1460. The molecule has 1 atom stereocenters. The lowest BCUT2D eigenvalue weighted by molar-refractivity contribution is 0.0773. The predicted octanol–water partition coefficient (Wildman–Crippen LogP) is 5.34. The van der Waals surface area contributed by atoms with Gasteiger partial charge in [0.25, 0.3) is 5.91 Å². The topological polar surface area (TPSA) is 68.5 Å². The summed E-state index contributed by atoms with van der Waals surface area (Å²) in [4.78, 5) is 19.6. The number of likely N-dealkylation sites (tertiary alicyclic amines) is 1. The van der Waals surface area contributed by atoms with Crippen molar-refractivity contribution in [1.29, 1.82) is 0 Å². The fourth-order valence-corrected chi connectivity index (χ4v) is 4.41. The van der Waals surface area contributed by atoms with Gasteiger partial charge in [-0.25, -0.2) is 0 Å². The molecule has 2 aromatic heterocycles. The van der Waals surface area contributed by atoms with Crippen LogP contribution < -0.4 is 4.74 Å². The lowest BCUT2D eigenvalue weighted by Gasteiger charge is -2.18. The van der Waals surface area contributed by atoms with Crippen LogP contribution in [0.1, 0.15) is 16.8 Å². The third-order valence-corrected chi connectivity index (χ3v) is 6.08. The van der Waals surface area contributed by atoms with Crippen LogP contribution in [0.4, 0.5) is 0 Å². The molecule has 5 aromatic rings. The summed E-state index contributed by atoms with van der Waals surface area (Å²) in [6, 6.07) is 25.2. The Morgan fingerprint density at radius 3 is 2.79 bits per heavy atom. The number of para-hydroxylation sites is 1. The first-order valence-corrected chi connectivity index (χ1v) is 11.0. The smallest absolute Gasteiger partial charge is 0.254 e. The monoisotopic (exact) mass is 435 g/mol.